The monoisotopic (exact) mass is 1230 g/mol. The molecule has 7 unspecified atom stereocenters. The Morgan fingerprint density at radius 2 is 0.805 bits per heavy atom. The summed E-state index contributed by atoms with van der Waals surface area (Å²) < 4.78 is 16.7. The van der Waals surface area contributed by atoms with Crippen molar-refractivity contribution in [1.82, 2.24) is 5.32 Å². The number of aliphatic hydroxyl groups excluding tert-OH is 5. The molecule has 6 N–H and O–H groups in total. The van der Waals surface area contributed by atoms with E-state index in [2.05, 4.69) is 67.8 Å². The molecule has 1 rings (SSSR count). The van der Waals surface area contributed by atoms with Gasteiger partial charge in [0.25, 0.3) is 0 Å². The van der Waals surface area contributed by atoms with Crippen LogP contribution >= 0.6 is 0 Å². The summed E-state index contributed by atoms with van der Waals surface area (Å²) in [5.74, 6) is -0.183. The van der Waals surface area contributed by atoms with Crippen LogP contribution in [-0.2, 0) is 23.8 Å². The van der Waals surface area contributed by atoms with Crippen molar-refractivity contribution in [1.29, 1.82) is 0 Å². The highest BCUT2D eigenvalue weighted by Crippen LogP contribution is 2.23. The molecule has 0 spiro atoms. The van der Waals surface area contributed by atoms with Crippen molar-refractivity contribution in [2.24, 2.45) is 0 Å². The van der Waals surface area contributed by atoms with E-state index in [1.54, 1.807) is 6.08 Å². The number of amides is 1. The van der Waals surface area contributed by atoms with Crippen molar-refractivity contribution in [3.8, 4) is 0 Å². The molecule has 0 radical (unpaired) electrons. The van der Waals surface area contributed by atoms with E-state index < -0.39 is 49.5 Å². The Labute approximate surface area is 535 Å². The zero-order valence-electron chi connectivity index (χ0n) is 56.5. The lowest BCUT2D eigenvalue weighted by atomic mass is 9.99. The lowest BCUT2D eigenvalue weighted by molar-refractivity contribution is -0.302. The van der Waals surface area contributed by atoms with E-state index in [0.29, 0.717) is 19.4 Å². The fourth-order valence-electron chi connectivity index (χ4n) is 11.5. The van der Waals surface area contributed by atoms with Crippen LogP contribution in [0.2, 0.25) is 0 Å². The molecule has 7 atom stereocenters. The molecule has 11 heteroatoms. The molecule has 1 saturated heterocycles. The fraction of sp³-hybridized carbons (Fsp3) is 0.842. The van der Waals surface area contributed by atoms with Crippen molar-refractivity contribution in [3.63, 3.8) is 0 Å². The fourth-order valence-corrected chi connectivity index (χ4v) is 11.5. The molecule has 0 saturated carbocycles. The zero-order valence-corrected chi connectivity index (χ0v) is 56.5. The predicted molar refractivity (Wildman–Crippen MR) is 366 cm³/mol. The third-order valence-corrected chi connectivity index (χ3v) is 17.3. The lowest BCUT2D eigenvalue weighted by Crippen LogP contribution is -2.60. The second kappa shape index (κ2) is 64.9. The molecule has 1 aliphatic rings. The van der Waals surface area contributed by atoms with E-state index in [1.807, 2.05) is 6.08 Å². The van der Waals surface area contributed by atoms with Gasteiger partial charge in [0.15, 0.2) is 6.29 Å². The molecule has 1 aliphatic heterocycles. The maximum atomic E-state index is 13.0. The Balaban J connectivity index is 1.92. The number of aliphatic hydroxyl groups is 5. The van der Waals surface area contributed by atoms with Gasteiger partial charge in [0.2, 0.25) is 5.91 Å². The lowest BCUT2D eigenvalue weighted by Gasteiger charge is -2.40. The highest BCUT2D eigenvalue weighted by molar-refractivity contribution is 5.76. The number of nitrogens with one attached hydrogen (secondary N) is 1. The summed E-state index contributed by atoms with van der Waals surface area (Å²) in [4.78, 5) is 25.1. The molecule has 0 bridgehead atoms. The molecule has 1 amide bonds. The molecular weight excluding hydrogens is 1090 g/mol. The zero-order chi connectivity index (χ0) is 63.0. The molecule has 0 aromatic heterocycles. The van der Waals surface area contributed by atoms with Crippen LogP contribution < -0.4 is 5.32 Å². The van der Waals surface area contributed by atoms with Gasteiger partial charge in [0, 0.05) is 12.8 Å². The van der Waals surface area contributed by atoms with Crippen LogP contribution in [0, 0.1) is 0 Å². The third kappa shape index (κ3) is 53.7. The minimum atomic E-state index is -1.58. The summed E-state index contributed by atoms with van der Waals surface area (Å²) in [6.45, 7) is 4.27. The maximum Gasteiger partial charge on any atom is 0.305 e. The predicted octanol–water partition coefficient (Wildman–Crippen LogP) is 19.3. The number of allylic oxidation sites excluding steroid dienone is 9. The first-order valence-corrected chi connectivity index (χ1v) is 37.1. The van der Waals surface area contributed by atoms with E-state index >= 15 is 0 Å². The van der Waals surface area contributed by atoms with Gasteiger partial charge < -0.3 is 45.1 Å². The van der Waals surface area contributed by atoms with Crippen molar-refractivity contribution in [2.45, 2.75) is 391 Å². The Morgan fingerprint density at radius 1 is 0.425 bits per heavy atom. The number of carbonyl (C=O) groups is 2. The number of hydrogen-bond acceptors (Lipinski definition) is 10. The average molecular weight is 1230 g/mol. The summed E-state index contributed by atoms with van der Waals surface area (Å²) in [5.41, 5.74) is 0. The summed E-state index contributed by atoms with van der Waals surface area (Å²) in [5, 5.41) is 54.4. The van der Waals surface area contributed by atoms with E-state index in [9.17, 15) is 35.1 Å². The van der Waals surface area contributed by atoms with Gasteiger partial charge in [-0.3, -0.25) is 9.59 Å². The SMILES string of the molecule is CCC/C=C/CC/C=C/CC/C=C/C(O)C(COC1OC(CO)C(O)C(O)C1O)NC(=O)CCCCCCCCCCCCCCCCCCC/C=C\C/C=C\CCCCCCCCCCCCCCCOC(=O)CCCCCCCCCCCCC. The standard InChI is InChI=1S/C76H139NO10/c1-3-5-7-9-11-13-42-46-50-54-58-62-69(79)68(67-86-76-75(84)74(83)73(82)70(66-78)87-76)77-71(80)63-59-55-51-47-44-40-38-36-34-32-30-28-26-24-22-20-18-16-15-17-19-21-23-25-27-29-31-33-35-37-39-41-45-49-53-57-61-65-85-72(81)64-60-56-52-48-43-14-12-10-8-6-4-2/h7,9,15,17,21,23,42,46,58,62,68-70,73-76,78-79,82-84H,3-6,8,10-14,16,18-20,22,24-41,43-45,47-57,59-61,63-67H2,1-2H3,(H,77,80)/b9-7+,17-15-,23-21-,46-42+,62-58+. The van der Waals surface area contributed by atoms with E-state index in [0.717, 1.165) is 77.0 Å². The summed E-state index contributed by atoms with van der Waals surface area (Å²) in [7, 11) is 0. The van der Waals surface area contributed by atoms with E-state index in [4.69, 9.17) is 14.2 Å². The summed E-state index contributed by atoms with van der Waals surface area (Å²) in [6.07, 6.45) is 76.8. The van der Waals surface area contributed by atoms with Gasteiger partial charge in [0.05, 0.1) is 32.0 Å². The molecule has 1 fully saturated rings. The van der Waals surface area contributed by atoms with Crippen molar-refractivity contribution >= 4 is 11.9 Å². The van der Waals surface area contributed by atoms with Crippen LogP contribution in [-0.4, -0.2) is 100 Å². The number of carbonyl (C=O) groups excluding carboxylic acids is 2. The normalized spacial score (nSPS) is 18.2. The van der Waals surface area contributed by atoms with Crippen molar-refractivity contribution < 1.29 is 49.3 Å². The number of hydrogen-bond donors (Lipinski definition) is 6. The minimum absolute atomic E-state index is 0.0119. The third-order valence-electron chi connectivity index (χ3n) is 17.3. The number of rotatable bonds is 65. The van der Waals surface area contributed by atoms with Gasteiger partial charge in [-0.05, 0) is 83.5 Å². The van der Waals surface area contributed by atoms with Gasteiger partial charge in [-0.1, -0.05) is 312 Å². The summed E-state index contributed by atoms with van der Waals surface area (Å²) >= 11 is 0. The molecule has 0 aliphatic carbocycles. The molecule has 1 heterocycles. The molecule has 508 valence electrons. The average Bonchev–Trinajstić information content (AvgIpc) is 2.27. The van der Waals surface area contributed by atoms with Crippen LogP contribution in [0.4, 0.5) is 0 Å². The molecular formula is C76H139NO10. The van der Waals surface area contributed by atoms with E-state index in [1.165, 1.54) is 244 Å². The molecule has 0 aromatic carbocycles. The molecule has 0 aromatic rings. The van der Waals surface area contributed by atoms with Gasteiger partial charge >= 0.3 is 5.97 Å². The maximum absolute atomic E-state index is 13.0. The van der Waals surface area contributed by atoms with Gasteiger partial charge in [-0.25, -0.2) is 0 Å². The topological polar surface area (TPSA) is 175 Å². The van der Waals surface area contributed by atoms with E-state index in [-0.39, 0.29) is 18.5 Å². The van der Waals surface area contributed by atoms with Crippen molar-refractivity contribution in [3.05, 3.63) is 60.8 Å². The van der Waals surface area contributed by atoms with Crippen LogP contribution in [0.3, 0.4) is 0 Å². The molecule has 87 heavy (non-hydrogen) atoms. The molecule has 11 nitrogen and oxygen atoms in total. The Morgan fingerprint density at radius 3 is 1.24 bits per heavy atom. The smallest absolute Gasteiger partial charge is 0.305 e. The number of ether oxygens (including phenoxy) is 3. The van der Waals surface area contributed by atoms with Crippen LogP contribution in [0.25, 0.3) is 0 Å². The summed E-state index contributed by atoms with van der Waals surface area (Å²) in [6, 6.07) is -0.833. The first-order valence-electron chi connectivity index (χ1n) is 37.1. The Hall–Kier alpha value is -2.64. The van der Waals surface area contributed by atoms with Crippen LogP contribution in [0.15, 0.2) is 60.8 Å². The second-order valence-electron chi connectivity index (χ2n) is 25.6. The first-order chi connectivity index (χ1) is 42.7. The highest BCUT2D eigenvalue weighted by Gasteiger charge is 2.44. The first kappa shape index (κ1) is 82.4. The Kier molecular flexibility index (Phi) is 61.4. The second-order valence-corrected chi connectivity index (χ2v) is 25.6. The van der Waals surface area contributed by atoms with Crippen LogP contribution in [0.5, 0.6) is 0 Å². The minimum Gasteiger partial charge on any atom is -0.466 e. The number of unbranched alkanes of at least 4 members (excludes halogenated alkanes) is 43. The van der Waals surface area contributed by atoms with Gasteiger partial charge in [-0.15, -0.1) is 0 Å². The largest absolute Gasteiger partial charge is 0.466 e. The Bertz CT molecular complexity index is 1630. The van der Waals surface area contributed by atoms with Crippen molar-refractivity contribution in [2.75, 3.05) is 19.8 Å². The number of esters is 1. The quantitative estimate of drug-likeness (QED) is 0.0195. The van der Waals surface area contributed by atoms with Gasteiger partial charge in [0.1, 0.15) is 24.4 Å². The highest BCUT2D eigenvalue weighted by atomic mass is 16.7. The van der Waals surface area contributed by atoms with Gasteiger partial charge in [-0.2, -0.15) is 0 Å². The van der Waals surface area contributed by atoms with Crippen LogP contribution in [0.1, 0.15) is 348 Å².